The lowest BCUT2D eigenvalue weighted by Gasteiger charge is -2.37. The van der Waals surface area contributed by atoms with E-state index in [9.17, 15) is 13.2 Å². The zero-order valence-electron chi connectivity index (χ0n) is 13.1. The van der Waals surface area contributed by atoms with Crippen molar-refractivity contribution in [2.24, 2.45) is 11.7 Å². The normalized spacial score (nSPS) is 25.7. The number of anilines is 1. The van der Waals surface area contributed by atoms with E-state index in [0.717, 1.165) is 25.7 Å². The number of rotatable bonds is 4. The zero-order valence-corrected chi connectivity index (χ0v) is 13.9. The zero-order chi connectivity index (χ0) is 16.4. The Morgan fingerprint density at radius 1 is 1.32 bits per heavy atom. The molecule has 0 radical (unpaired) electrons. The van der Waals surface area contributed by atoms with Gasteiger partial charge in [0.05, 0.1) is 11.7 Å². The summed E-state index contributed by atoms with van der Waals surface area (Å²) < 4.78 is 22.5. The summed E-state index contributed by atoms with van der Waals surface area (Å²) in [5.41, 5.74) is 7.16. The second kappa shape index (κ2) is 6.38. The van der Waals surface area contributed by atoms with Gasteiger partial charge in [-0.05, 0) is 37.5 Å². The topological polar surface area (TPSA) is 89.3 Å². The van der Waals surface area contributed by atoms with Gasteiger partial charge >= 0.3 is 0 Å². The van der Waals surface area contributed by atoms with E-state index in [1.54, 1.807) is 24.3 Å². The quantitative estimate of drug-likeness (QED) is 0.887. The van der Waals surface area contributed by atoms with Crippen LogP contribution < -0.4 is 11.1 Å². The molecule has 1 aliphatic carbocycles. The maximum Gasteiger partial charge on any atom is 0.229 e. The summed E-state index contributed by atoms with van der Waals surface area (Å²) in [5.74, 6) is -0.234. The van der Waals surface area contributed by atoms with Gasteiger partial charge < -0.3 is 11.1 Å². The molecule has 22 heavy (non-hydrogen) atoms. The van der Waals surface area contributed by atoms with Gasteiger partial charge in [0.25, 0.3) is 0 Å². The molecule has 6 heteroatoms. The highest BCUT2D eigenvalue weighted by atomic mass is 32.2. The molecule has 0 bridgehead atoms. The number of nitrogens with one attached hydrogen (secondary N) is 1. The Balaban J connectivity index is 2.03. The fourth-order valence-corrected chi connectivity index (χ4v) is 3.80. The highest BCUT2D eigenvalue weighted by Gasteiger charge is 2.37. The van der Waals surface area contributed by atoms with Crippen LogP contribution in [0.15, 0.2) is 24.3 Å². The number of amides is 1. The van der Waals surface area contributed by atoms with Gasteiger partial charge in [-0.2, -0.15) is 0 Å². The van der Waals surface area contributed by atoms with Crippen molar-refractivity contribution >= 4 is 21.4 Å². The number of carbonyl (C=O) groups is 1. The van der Waals surface area contributed by atoms with Gasteiger partial charge in [0, 0.05) is 17.5 Å². The summed E-state index contributed by atoms with van der Waals surface area (Å²) in [6.07, 6.45) is 4.96. The molecule has 2 rings (SSSR count). The van der Waals surface area contributed by atoms with E-state index in [0.29, 0.717) is 11.3 Å². The molecule has 122 valence electrons. The summed E-state index contributed by atoms with van der Waals surface area (Å²) in [4.78, 5) is 12.4. The Hall–Kier alpha value is -1.40. The average Bonchev–Trinajstić information content (AvgIpc) is 2.38. The Kier molecular flexibility index (Phi) is 4.92. The van der Waals surface area contributed by atoms with E-state index in [2.05, 4.69) is 5.32 Å². The summed E-state index contributed by atoms with van der Waals surface area (Å²) in [7, 11) is -3.05. The SMILES string of the molecule is CC1(N)CCCCC1C(=O)Nc1ccc(CS(C)(=O)=O)cc1. The van der Waals surface area contributed by atoms with Gasteiger partial charge in [-0.15, -0.1) is 0 Å². The van der Waals surface area contributed by atoms with Crippen LogP contribution in [0.4, 0.5) is 5.69 Å². The first-order chi connectivity index (χ1) is 10.2. The van der Waals surface area contributed by atoms with Crippen LogP contribution in [0.3, 0.4) is 0 Å². The highest BCUT2D eigenvalue weighted by Crippen LogP contribution is 2.32. The third-order valence-corrected chi connectivity index (χ3v) is 5.08. The minimum absolute atomic E-state index is 0.00469. The number of hydrogen-bond acceptors (Lipinski definition) is 4. The molecule has 2 atom stereocenters. The van der Waals surface area contributed by atoms with Gasteiger partial charge in [-0.3, -0.25) is 4.79 Å². The van der Waals surface area contributed by atoms with Crippen LogP contribution >= 0.6 is 0 Å². The molecule has 0 heterocycles. The first-order valence-corrected chi connectivity index (χ1v) is 9.60. The van der Waals surface area contributed by atoms with E-state index >= 15 is 0 Å². The van der Waals surface area contributed by atoms with Crippen molar-refractivity contribution in [1.29, 1.82) is 0 Å². The van der Waals surface area contributed by atoms with Crippen LogP contribution in [0.5, 0.6) is 0 Å². The Morgan fingerprint density at radius 2 is 1.95 bits per heavy atom. The third kappa shape index (κ3) is 4.55. The molecular weight excluding hydrogens is 300 g/mol. The van der Waals surface area contributed by atoms with Crippen LogP contribution in [0.25, 0.3) is 0 Å². The van der Waals surface area contributed by atoms with E-state index in [-0.39, 0.29) is 17.6 Å². The Morgan fingerprint density at radius 3 is 2.50 bits per heavy atom. The van der Waals surface area contributed by atoms with Crippen molar-refractivity contribution in [3.8, 4) is 0 Å². The van der Waals surface area contributed by atoms with E-state index in [1.807, 2.05) is 6.92 Å². The van der Waals surface area contributed by atoms with Crippen LogP contribution in [-0.2, 0) is 20.4 Å². The maximum absolute atomic E-state index is 12.4. The summed E-state index contributed by atoms with van der Waals surface area (Å²) in [5, 5.41) is 2.89. The molecule has 0 spiro atoms. The predicted octanol–water partition coefficient (Wildman–Crippen LogP) is 2.08. The number of sulfone groups is 1. The van der Waals surface area contributed by atoms with E-state index < -0.39 is 15.4 Å². The van der Waals surface area contributed by atoms with Crippen LogP contribution in [0.1, 0.15) is 38.2 Å². The lowest BCUT2D eigenvalue weighted by Crippen LogP contribution is -2.51. The summed E-state index contributed by atoms with van der Waals surface area (Å²) >= 11 is 0. The smallest absolute Gasteiger partial charge is 0.229 e. The van der Waals surface area contributed by atoms with E-state index in [1.165, 1.54) is 6.26 Å². The van der Waals surface area contributed by atoms with Gasteiger partial charge in [-0.25, -0.2) is 8.42 Å². The lowest BCUT2D eigenvalue weighted by molar-refractivity contribution is -0.122. The molecule has 1 aromatic rings. The molecule has 3 N–H and O–H groups in total. The minimum Gasteiger partial charge on any atom is -0.326 e. The van der Waals surface area contributed by atoms with Gasteiger partial charge in [0.2, 0.25) is 5.91 Å². The predicted molar refractivity (Wildman–Crippen MR) is 88.2 cm³/mol. The number of nitrogens with two attached hydrogens (primary N) is 1. The lowest BCUT2D eigenvalue weighted by atomic mass is 9.74. The standard InChI is InChI=1S/C16H24N2O3S/c1-16(17)10-4-3-5-14(16)15(19)18-13-8-6-12(7-9-13)11-22(2,20)21/h6-9,14H,3-5,10-11,17H2,1-2H3,(H,18,19). The Bertz CT molecular complexity index is 636. The van der Waals surface area contributed by atoms with Gasteiger partial charge in [0.15, 0.2) is 9.84 Å². The average molecular weight is 324 g/mol. The fourth-order valence-electron chi connectivity index (χ4n) is 3.01. The summed E-state index contributed by atoms with van der Waals surface area (Å²) in [6, 6.07) is 6.91. The van der Waals surface area contributed by atoms with Crippen molar-refractivity contribution in [1.82, 2.24) is 0 Å². The molecule has 1 amide bonds. The van der Waals surface area contributed by atoms with Crippen LogP contribution in [0.2, 0.25) is 0 Å². The second-order valence-corrected chi connectivity index (χ2v) is 8.70. The minimum atomic E-state index is -3.05. The molecule has 0 saturated heterocycles. The van der Waals surface area contributed by atoms with Crippen molar-refractivity contribution < 1.29 is 13.2 Å². The van der Waals surface area contributed by atoms with Crippen molar-refractivity contribution in [2.75, 3.05) is 11.6 Å². The van der Waals surface area contributed by atoms with Crippen molar-refractivity contribution in [3.05, 3.63) is 29.8 Å². The largest absolute Gasteiger partial charge is 0.326 e. The number of benzene rings is 1. The highest BCUT2D eigenvalue weighted by molar-refractivity contribution is 7.89. The number of carbonyl (C=O) groups excluding carboxylic acids is 1. The monoisotopic (exact) mass is 324 g/mol. The van der Waals surface area contributed by atoms with Crippen LogP contribution in [-0.4, -0.2) is 26.1 Å². The molecule has 1 aliphatic rings. The third-order valence-electron chi connectivity index (χ3n) is 4.22. The molecule has 5 nitrogen and oxygen atoms in total. The summed E-state index contributed by atoms with van der Waals surface area (Å²) in [6.45, 7) is 1.94. The fraction of sp³-hybridized carbons (Fsp3) is 0.562. The Labute approximate surface area is 132 Å². The van der Waals surface area contributed by atoms with Gasteiger partial charge in [-0.1, -0.05) is 25.0 Å². The second-order valence-electron chi connectivity index (χ2n) is 6.56. The van der Waals surface area contributed by atoms with E-state index in [4.69, 9.17) is 5.73 Å². The van der Waals surface area contributed by atoms with Gasteiger partial charge in [0.1, 0.15) is 0 Å². The molecule has 1 saturated carbocycles. The molecule has 2 unspecified atom stereocenters. The molecule has 1 aromatic carbocycles. The first-order valence-electron chi connectivity index (χ1n) is 7.54. The first kappa shape index (κ1) is 17.0. The van der Waals surface area contributed by atoms with Crippen LogP contribution in [0, 0.1) is 5.92 Å². The molecule has 0 aliphatic heterocycles. The maximum atomic E-state index is 12.4. The number of hydrogen-bond donors (Lipinski definition) is 2. The molecular formula is C16H24N2O3S. The van der Waals surface area contributed by atoms with Crippen molar-refractivity contribution in [2.45, 2.75) is 43.9 Å². The molecule has 1 fully saturated rings. The molecule has 0 aromatic heterocycles. The van der Waals surface area contributed by atoms with Crippen molar-refractivity contribution in [3.63, 3.8) is 0 Å².